The zero-order valence-corrected chi connectivity index (χ0v) is 13.8. The molecule has 21 heavy (non-hydrogen) atoms. The third-order valence-electron chi connectivity index (χ3n) is 3.94. The van der Waals surface area contributed by atoms with Gasteiger partial charge in [-0.15, -0.1) is 0 Å². The number of hydrogen-bond acceptors (Lipinski definition) is 4. The minimum Gasteiger partial charge on any atom is -0.490 e. The summed E-state index contributed by atoms with van der Waals surface area (Å²) in [6.45, 7) is 5.17. The maximum absolute atomic E-state index is 5.76. The number of benzene rings is 1. The van der Waals surface area contributed by atoms with Crippen molar-refractivity contribution >= 4 is 15.9 Å². The highest BCUT2D eigenvalue weighted by molar-refractivity contribution is 9.10. The van der Waals surface area contributed by atoms with Crippen LogP contribution >= 0.6 is 15.9 Å². The van der Waals surface area contributed by atoms with E-state index in [4.69, 9.17) is 14.2 Å². The first-order chi connectivity index (χ1) is 10.3. The lowest BCUT2D eigenvalue weighted by molar-refractivity contribution is 0.184. The Labute approximate surface area is 134 Å². The van der Waals surface area contributed by atoms with Crippen molar-refractivity contribution in [3.63, 3.8) is 0 Å². The number of rotatable bonds is 5. The molecule has 0 saturated carbocycles. The highest BCUT2D eigenvalue weighted by Crippen LogP contribution is 2.38. The standard InChI is InChI=1S/C16H22BrNO3/c17-14-8-13(9-15-16(14)21-6-1-5-20-15)10-18-4-2-12-3-7-19-11-12/h8-9,12,18H,1-7,10-11H2. The van der Waals surface area contributed by atoms with Crippen molar-refractivity contribution in [3.8, 4) is 11.5 Å². The van der Waals surface area contributed by atoms with E-state index in [1.54, 1.807) is 0 Å². The first-order valence-electron chi connectivity index (χ1n) is 7.69. The van der Waals surface area contributed by atoms with E-state index in [2.05, 4.69) is 33.4 Å². The average Bonchev–Trinajstić information content (AvgIpc) is 2.87. The Bertz CT molecular complexity index is 475. The fraction of sp³-hybridized carbons (Fsp3) is 0.625. The summed E-state index contributed by atoms with van der Waals surface area (Å²) in [5.74, 6) is 2.41. The van der Waals surface area contributed by atoms with Crippen molar-refractivity contribution in [3.05, 3.63) is 22.2 Å². The lowest BCUT2D eigenvalue weighted by Crippen LogP contribution is -2.18. The van der Waals surface area contributed by atoms with Crippen LogP contribution in [-0.4, -0.2) is 33.0 Å². The predicted octanol–water partition coefficient (Wildman–Crippen LogP) is 3.13. The van der Waals surface area contributed by atoms with Crippen molar-refractivity contribution in [1.29, 1.82) is 0 Å². The van der Waals surface area contributed by atoms with Gasteiger partial charge in [0.25, 0.3) is 0 Å². The second kappa shape index (κ2) is 7.47. The third-order valence-corrected chi connectivity index (χ3v) is 4.53. The molecule has 116 valence electrons. The molecule has 2 aliphatic rings. The topological polar surface area (TPSA) is 39.7 Å². The van der Waals surface area contributed by atoms with Gasteiger partial charge in [0.1, 0.15) is 0 Å². The smallest absolute Gasteiger partial charge is 0.175 e. The number of nitrogens with one attached hydrogen (secondary N) is 1. The number of hydrogen-bond donors (Lipinski definition) is 1. The van der Waals surface area contributed by atoms with E-state index in [1.807, 2.05) is 0 Å². The molecule has 0 aromatic heterocycles. The first-order valence-corrected chi connectivity index (χ1v) is 8.49. The van der Waals surface area contributed by atoms with E-state index < -0.39 is 0 Å². The molecule has 1 atom stereocenters. The normalized spacial score (nSPS) is 21.3. The van der Waals surface area contributed by atoms with Crippen molar-refractivity contribution in [2.75, 3.05) is 33.0 Å². The predicted molar refractivity (Wildman–Crippen MR) is 85.0 cm³/mol. The molecular weight excluding hydrogens is 334 g/mol. The summed E-state index contributed by atoms with van der Waals surface area (Å²) in [4.78, 5) is 0. The summed E-state index contributed by atoms with van der Waals surface area (Å²) in [6.07, 6.45) is 3.32. The van der Waals surface area contributed by atoms with Gasteiger partial charge in [0.2, 0.25) is 0 Å². The highest BCUT2D eigenvalue weighted by atomic mass is 79.9. The van der Waals surface area contributed by atoms with E-state index in [0.717, 1.165) is 61.2 Å². The molecular formula is C16H22BrNO3. The monoisotopic (exact) mass is 355 g/mol. The summed E-state index contributed by atoms with van der Waals surface area (Å²) >= 11 is 3.58. The van der Waals surface area contributed by atoms with Gasteiger partial charge >= 0.3 is 0 Å². The van der Waals surface area contributed by atoms with Crippen LogP contribution in [0.15, 0.2) is 16.6 Å². The molecule has 0 aliphatic carbocycles. The summed E-state index contributed by atoms with van der Waals surface area (Å²) in [5.41, 5.74) is 1.22. The van der Waals surface area contributed by atoms with E-state index >= 15 is 0 Å². The number of ether oxygens (including phenoxy) is 3. The third kappa shape index (κ3) is 4.11. The second-order valence-corrected chi connectivity index (χ2v) is 6.50. The fourth-order valence-corrected chi connectivity index (χ4v) is 3.34. The molecule has 4 nitrogen and oxygen atoms in total. The molecule has 0 bridgehead atoms. The van der Waals surface area contributed by atoms with Gasteiger partial charge < -0.3 is 19.5 Å². The number of halogens is 1. The van der Waals surface area contributed by atoms with Gasteiger partial charge in [-0.3, -0.25) is 0 Å². The van der Waals surface area contributed by atoms with Crippen molar-refractivity contribution in [1.82, 2.24) is 5.32 Å². The fourth-order valence-electron chi connectivity index (χ4n) is 2.74. The van der Waals surface area contributed by atoms with Crippen LogP contribution in [0.1, 0.15) is 24.8 Å². The lowest BCUT2D eigenvalue weighted by atomic mass is 10.1. The first kappa shape index (κ1) is 15.1. The Balaban J connectivity index is 1.53. The van der Waals surface area contributed by atoms with Crippen molar-refractivity contribution in [2.45, 2.75) is 25.8 Å². The van der Waals surface area contributed by atoms with Crippen molar-refractivity contribution in [2.24, 2.45) is 5.92 Å². The SMILES string of the molecule is Brc1cc(CNCCC2CCOC2)cc2c1OCCCO2. The minimum atomic E-state index is 0.715. The zero-order valence-electron chi connectivity index (χ0n) is 12.2. The lowest BCUT2D eigenvalue weighted by Gasteiger charge is -2.13. The molecule has 0 radical (unpaired) electrons. The largest absolute Gasteiger partial charge is 0.490 e. The Morgan fingerprint density at radius 1 is 1.19 bits per heavy atom. The molecule has 1 unspecified atom stereocenters. The van der Waals surface area contributed by atoms with Crippen LogP contribution in [0.25, 0.3) is 0 Å². The van der Waals surface area contributed by atoms with Crippen molar-refractivity contribution < 1.29 is 14.2 Å². The molecule has 1 fully saturated rings. The van der Waals surface area contributed by atoms with Gasteiger partial charge in [-0.25, -0.2) is 0 Å². The molecule has 1 saturated heterocycles. The molecule has 2 heterocycles. The van der Waals surface area contributed by atoms with Crippen LogP contribution in [-0.2, 0) is 11.3 Å². The van der Waals surface area contributed by atoms with E-state index in [-0.39, 0.29) is 0 Å². The minimum absolute atomic E-state index is 0.715. The summed E-state index contributed by atoms with van der Waals surface area (Å²) in [5, 5.41) is 3.51. The molecule has 1 aromatic carbocycles. The van der Waals surface area contributed by atoms with Gasteiger partial charge in [-0.05, 0) is 58.9 Å². The van der Waals surface area contributed by atoms with E-state index in [0.29, 0.717) is 6.61 Å². The maximum Gasteiger partial charge on any atom is 0.175 e. The molecule has 1 aromatic rings. The maximum atomic E-state index is 5.76. The average molecular weight is 356 g/mol. The summed E-state index contributed by atoms with van der Waals surface area (Å²) in [7, 11) is 0. The molecule has 3 rings (SSSR count). The summed E-state index contributed by atoms with van der Waals surface area (Å²) < 4.78 is 17.9. The van der Waals surface area contributed by atoms with Gasteiger partial charge in [-0.1, -0.05) is 0 Å². The Hall–Kier alpha value is -0.780. The van der Waals surface area contributed by atoms with Crippen LogP contribution in [0.3, 0.4) is 0 Å². The van der Waals surface area contributed by atoms with Gasteiger partial charge in [0.05, 0.1) is 17.7 Å². The van der Waals surface area contributed by atoms with Crippen LogP contribution in [0.4, 0.5) is 0 Å². The van der Waals surface area contributed by atoms with Crippen LogP contribution in [0.5, 0.6) is 11.5 Å². The van der Waals surface area contributed by atoms with Crippen LogP contribution in [0.2, 0.25) is 0 Å². The Kier molecular flexibility index (Phi) is 5.38. The van der Waals surface area contributed by atoms with Crippen LogP contribution < -0.4 is 14.8 Å². The molecule has 0 spiro atoms. The van der Waals surface area contributed by atoms with Gasteiger partial charge in [0.15, 0.2) is 11.5 Å². The Morgan fingerprint density at radius 2 is 2.10 bits per heavy atom. The molecule has 1 N–H and O–H groups in total. The Morgan fingerprint density at radius 3 is 2.95 bits per heavy atom. The number of fused-ring (bicyclic) bond motifs is 1. The van der Waals surface area contributed by atoms with Crippen LogP contribution in [0, 0.1) is 5.92 Å². The molecule has 5 heteroatoms. The second-order valence-electron chi connectivity index (χ2n) is 5.65. The van der Waals surface area contributed by atoms with E-state index in [1.165, 1.54) is 18.4 Å². The van der Waals surface area contributed by atoms with Gasteiger partial charge in [0, 0.05) is 26.2 Å². The van der Waals surface area contributed by atoms with Gasteiger partial charge in [-0.2, -0.15) is 0 Å². The summed E-state index contributed by atoms with van der Waals surface area (Å²) in [6, 6.07) is 4.19. The quantitative estimate of drug-likeness (QED) is 0.823. The molecule has 2 aliphatic heterocycles. The van der Waals surface area contributed by atoms with E-state index in [9.17, 15) is 0 Å². The molecule has 0 amide bonds. The zero-order chi connectivity index (χ0) is 14.5. The highest BCUT2D eigenvalue weighted by Gasteiger charge is 2.16.